The topological polar surface area (TPSA) is 32.7 Å². The van der Waals surface area contributed by atoms with Gasteiger partial charge in [0, 0.05) is 19.5 Å². The van der Waals surface area contributed by atoms with Crippen molar-refractivity contribution in [2.24, 2.45) is 0 Å². The zero-order valence-electron chi connectivity index (χ0n) is 8.33. The van der Waals surface area contributed by atoms with Gasteiger partial charge in [0.15, 0.2) is 0 Å². The largest absolute Gasteiger partial charge is 0.391 e. The van der Waals surface area contributed by atoms with Crippen molar-refractivity contribution in [3.63, 3.8) is 0 Å². The van der Waals surface area contributed by atoms with Crippen molar-refractivity contribution < 1.29 is 9.84 Å². The summed E-state index contributed by atoms with van der Waals surface area (Å²) < 4.78 is 5.71. The third-order valence-corrected chi connectivity index (χ3v) is 3.40. The van der Waals surface area contributed by atoms with Crippen LogP contribution in [0.3, 0.4) is 0 Å². The van der Waals surface area contributed by atoms with Gasteiger partial charge in [0.1, 0.15) is 0 Å². The van der Waals surface area contributed by atoms with E-state index < -0.39 is 0 Å². The van der Waals surface area contributed by atoms with Crippen LogP contribution in [-0.4, -0.2) is 48.0 Å². The van der Waals surface area contributed by atoms with Crippen molar-refractivity contribution in [1.29, 1.82) is 0 Å². The number of piperidine rings is 1. The van der Waals surface area contributed by atoms with Crippen LogP contribution in [-0.2, 0) is 4.74 Å². The molecule has 2 aliphatic rings. The van der Waals surface area contributed by atoms with Crippen LogP contribution in [0.5, 0.6) is 0 Å². The fourth-order valence-corrected chi connectivity index (χ4v) is 2.45. The van der Waals surface area contributed by atoms with Gasteiger partial charge >= 0.3 is 0 Å². The lowest BCUT2D eigenvalue weighted by molar-refractivity contribution is -0.0433. The molecule has 0 aromatic rings. The Morgan fingerprint density at radius 3 is 2.62 bits per heavy atom. The number of hydrogen-bond acceptors (Lipinski definition) is 3. The zero-order valence-corrected chi connectivity index (χ0v) is 8.33. The summed E-state index contributed by atoms with van der Waals surface area (Å²) in [6.07, 6.45) is 2.83. The zero-order chi connectivity index (χ0) is 9.31. The van der Waals surface area contributed by atoms with E-state index >= 15 is 0 Å². The Bertz CT molecular complexity index is 176. The van der Waals surface area contributed by atoms with Crippen LogP contribution in [0.25, 0.3) is 0 Å². The lowest BCUT2D eigenvalue weighted by Gasteiger charge is -2.38. The molecule has 76 valence electrons. The van der Waals surface area contributed by atoms with E-state index in [9.17, 15) is 5.11 Å². The molecule has 1 spiro atoms. The van der Waals surface area contributed by atoms with Crippen LogP contribution in [0, 0.1) is 0 Å². The third-order valence-electron chi connectivity index (χ3n) is 3.40. The first-order chi connectivity index (χ1) is 6.24. The van der Waals surface area contributed by atoms with Crippen molar-refractivity contribution in [3.05, 3.63) is 0 Å². The molecule has 2 heterocycles. The van der Waals surface area contributed by atoms with Crippen molar-refractivity contribution in [2.45, 2.75) is 37.9 Å². The maximum atomic E-state index is 9.43. The molecule has 0 radical (unpaired) electrons. The van der Waals surface area contributed by atoms with Crippen molar-refractivity contribution >= 4 is 0 Å². The Balaban J connectivity index is 1.90. The van der Waals surface area contributed by atoms with Crippen LogP contribution in [0.2, 0.25) is 0 Å². The lowest BCUT2D eigenvalue weighted by atomic mass is 9.88. The standard InChI is InChI=1S/C10H19NO2/c1-2-11-5-3-10(4-6-11)7-9(12)8-13-10/h9,12H,2-8H2,1H3. The maximum absolute atomic E-state index is 9.43. The predicted octanol–water partition coefficient (Wildman–Crippen LogP) is 0.622. The van der Waals surface area contributed by atoms with Gasteiger partial charge in [-0.05, 0) is 19.4 Å². The van der Waals surface area contributed by atoms with Crippen LogP contribution in [0.1, 0.15) is 26.2 Å². The first-order valence-corrected chi connectivity index (χ1v) is 5.28. The normalized spacial score (nSPS) is 34.2. The van der Waals surface area contributed by atoms with Crippen molar-refractivity contribution in [1.82, 2.24) is 4.90 Å². The monoisotopic (exact) mass is 185 g/mol. The molecule has 0 aliphatic carbocycles. The minimum absolute atomic E-state index is 0.0328. The summed E-state index contributed by atoms with van der Waals surface area (Å²) in [7, 11) is 0. The number of rotatable bonds is 1. The summed E-state index contributed by atoms with van der Waals surface area (Å²) in [6, 6.07) is 0. The van der Waals surface area contributed by atoms with E-state index in [4.69, 9.17) is 4.74 Å². The molecular weight excluding hydrogens is 166 g/mol. The van der Waals surface area contributed by atoms with E-state index in [1.807, 2.05) is 0 Å². The molecule has 0 aromatic heterocycles. The Morgan fingerprint density at radius 1 is 1.46 bits per heavy atom. The molecule has 0 saturated carbocycles. The van der Waals surface area contributed by atoms with E-state index in [2.05, 4.69) is 11.8 Å². The van der Waals surface area contributed by atoms with E-state index in [1.54, 1.807) is 0 Å². The minimum Gasteiger partial charge on any atom is -0.391 e. The first kappa shape index (κ1) is 9.44. The molecule has 2 aliphatic heterocycles. The quantitative estimate of drug-likeness (QED) is 0.650. The highest BCUT2D eigenvalue weighted by atomic mass is 16.5. The molecule has 2 rings (SSSR count). The number of aliphatic hydroxyl groups excluding tert-OH is 1. The number of nitrogens with zero attached hydrogens (tertiary/aromatic N) is 1. The summed E-state index contributed by atoms with van der Waals surface area (Å²) in [5.74, 6) is 0. The van der Waals surface area contributed by atoms with E-state index in [-0.39, 0.29) is 11.7 Å². The van der Waals surface area contributed by atoms with E-state index in [0.29, 0.717) is 6.61 Å². The van der Waals surface area contributed by atoms with Crippen LogP contribution >= 0.6 is 0 Å². The number of likely N-dealkylation sites (tertiary alicyclic amines) is 1. The van der Waals surface area contributed by atoms with Gasteiger partial charge in [0.25, 0.3) is 0 Å². The number of aliphatic hydroxyl groups is 1. The number of hydrogen-bond donors (Lipinski definition) is 1. The van der Waals surface area contributed by atoms with Gasteiger partial charge in [-0.25, -0.2) is 0 Å². The Hall–Kier alpha value is -0.120. The van der Waals surface area contributed by atoms with Gasteiger partial charge in [-0.15, -0.1) is 0 Å². The minimum atomic E-state index is -0.215. The molecule has 13 heavy (non-hydrogen) atoms. The molecule has 0 aromatic carbocycles. The highest BCUT2D eigenvalue weighted by molar-refractivity contribution is 4.93. The molecule has 2 saturated heterocycles. The smallest absolute Gasteiger partial charge is 0.0801 e. The van der Waals surface area contributed by atoms with Crippen LogP contribution in [0.15, 0.2) is 0 Å². The SMILES string of the molecule is CCN1CCC2(CC1)CC(O)CO2. The van der Waals surface area contributed by atoms with Gasteiger partial charge in [0.05, 0.1) is 18.3 Å². The maximum Gasteiger partial charge on any atom is 0.0801 e. The Labute approximate surface area is 79.7 Å². The highest BCUT2D eigenvalue weighted by Gasteiger charge is 2.41. The molecule has 1 unspecified atom stereocenters. The summed E-state index contributed by atoms with van der Waals surface area (Å²) in [4.78, 5) is 2.44. The second-order valence-electron chi connectivity index (χ2n) is 4.29. The third kappa shape index (κ3) is 1.87. The second-order valence-corrected chi connectivity index (χ2v) is 4.29. The van der Waals surface area contributed by atoms with Crippen LogP contribution < -0.4 is 0 Å². The summed E-state index contributed by atoms with van der Waals surface area (Å²) >= 11 is 0. The van der Waals surface area contributed by atoms with Crippen molar-refractivity contribution in [2.75, 3.05) is 26.2 Å². The lowest BCUT2D eigenvalue weighted by Crippen LogP contribution is -2.44. The van der Waals surface area contributed by atoms with Gasteiger partial charge in [-0.3, -0.25) is 0 Å². The van der Waals surface area contributed by atoms with Gasteiger partial charge in [-0.2, -0.15) is 0 Å². The molecule has 0 bridgehead atoms. The molecule has 3 heteroatoms. The predicted molar refractivity (Wildman–Crippen MR) is 50.7 cm³/mol. The fourth-order valence-electron chi connectivity index (χ4n) is 2.45. The second kappa shape index (κ2) is 3.56. The van der Waals surface area contributed by atoms with E-state index in [1.165, 1.54) is 0 Å². The average molecular weight is 185 g/mol. The van der Waals surface area contributed by atoms with Crippen LogP contribution in [0.4, 0.5) is 0 Å². The average Bonchev–Trinajstić information content (AvgIpc) is 2.49. The summed E-state index contributed by atoms with van der Waals surface area (Å²) in [6.45, 7) is 6.14. The fraction of sp³-hybridized carbons (Fsp3) is 1.00. The first-order valence-electron chi connectivity index (χ1n) is 5.28. The molecule has 1 atom stereocenters. The van der Waals surface area contributed by atoms with Gasteiger partial charge < -0.3 is 14.7 Å². The van der Waals surface area contributed by atoms with Crippen molar-refractivity contribution in [3.8, 4) is 0 Å². The molecule has 3 nitrogen and oxygen atoms in total. The Kier molecular flexibility index (Phi) is 2.58. The molecule has 1 N–H and O–H groups in total. The molecular formula is C10H19NO2. The van der Waals surface area contributed by atoms with Gasteiger partial charge in [0.2, 0.25) is 0 Å². The molecule has 2 fully saturated rings. The summed E-state index contributed by atoms with van der Waals surface area (Å²) in [5.41, 5.74) is 0.0328. The highest BCUT2D eigenvalue weighted by Crippen LogP contribution is 2.35. The number of ether oxygens (including phenoxy) is 1. The Morgan fingerprint density at radius 2 is 2.15 bits per heavy atom. The van der Waals surface area contributed by atoms with E-state index in [0.717, 1.165) is 38.9 Å². The van der Waals surface area contributed by atoms with Gasteiger partial charge in [-0.1, -0.05) is 6.92 Å². The summed E-state index contributed by atoms with van der Waals surface area (Å²) in [5, 5.41) is 9.43. The molecule has 0 amide bonds.